The van der Waals surface area contributed by atoms with Gasteiger partial charge in [-0.2, -0.15) is 0 Å². The van der Waals surface area contributed by atoms with E-state index in [4.69, 9.17) is 4.74 Å². The van der Waals surface area contributed by atoms with Crippen LogP contribution >= 0.6 is 11.3 Å². The third-order valence-corrected chi connectivity index (χ3v) is 4.99. The summed E-state index contributed by atoms with van der Waals surface area (Å²) in [5.41, 5.74) is 3.75. The zero-order valence-electron chi connectivity index (χ0n) is 14.8. The van der Waals surface area contributed by atoms with Gasteiger partial charge >= 0.3 is 6.03 Å². The first kappa shape index (κ1) is 18.2. The van der Waals surface area contributed by atoms with E-state index in [-0.39, 0.29) is 11.9 Å². The van der Waals surface area contributed by atoms with E-state index in [0.29, 0.717) is 13.1 Å². The number of methoxy groups -OCH3 is 1. The van der Waals surface area contributed by atoms with Crippen molar-refractivity contribution in [3.8, 4) is 5.75 Å². The Morgan fingerprint density at radius 2 is 2.08 bits per heavy atom. The Hall–Kier alpha value is -2.15. The highest BCUT2D eigenvalue weighted by molar-refractivity contribution is 7.09. The highest BCUT2D eigenvalue weighted by Crippen LogP contribution is 2.23. The lowest BCUT2D eigenvalue weighted by atomic mass is 10.1. The van der Waals surface area contributed by atoms with Gasteiger partial charge in [0.25, 0.3) is 0 Å². The predicted molar refractivity (Wildman–Crippen MR) is 95.8 cm³/mol. The van der Waals surface area contributed by atoms with Crippen LogP contribution in [-0.4, -0.2) is 29.7 Å². The third-order valence-electron chi connectivity index (χ3n) is 3.79. The van der Waals surface area contributed by atoms with Crippen LogP contribution in [0.5, 0.6) is 5.75 Å². The van der Waals surface area contributed by atoms with Gasteiger partial charge in [-0.1, -0.05) is 6.92 Å². The molecule has 0 fully saturated rings. The van der Waals surface area contributed by atoms with Gasteiger partial charge in [0.1, 0.15) is 5.75 Å². The number of nitrogens with zero attached hydrogens (tertiary/aromatic N) is 2. The van der Waals surface area contributed by atoms with E-state index >= 15 is 0 Å². The number of amides is 2. The van der Waals surface area contributed by atoms with Gasteiger partial charge in [0, 0.05) is 40.9 Å². The van der Waals surface area contributed by atoms with E-state index in [1.807, 2.05) is 26.2 Å². The smallest absolute Gasteiger partial charge is 0.315 e. The molecule has 0 saturated heterocycles. The highest BCUT2D eigenvalue weighted by Gasteiger charge is 2.13. The van der Waals surface area contributed by atoms with Gasteiger partial charge in [-0.05, 0) is 20.8 Å². The second-order valence-electron chi connectivity index (χ2n) is 5.84. The van der Waals surface area contributed by atoms with Crippen LogP contribution in [0.3, 0.4) is 0 Å². The fourth-order valence-electron chi connectivity index (χ4n) is 2.41. The number of carbonyl (C=O) groups is 1. The van der Waals surface area contributed by atoms with Crippen LogP contribution in [0.4, 0.5) is 4.79 Å². The van der Waals surface area contributed by atoms with Crippen molar-refractivity contribution in [3.63, 3.8) is 0 Å². The molecule has 1 unspecified atom stereocenters. The number of urea groups is 1. The monoisotopic (exact) mass is 348 g/mol. The maximum atomic E-state index is 12.0. The number of hydrogen-bond donors (Lipinski definition) is 2. The Balaban J connectivity index is 1.85. The van der Waals surface area contributed by atoms with Crippen LogP contribution in [0.25, 0.3) is 0 Å². The van der Waals surface area contributed by atoms with Crippen molar-refractivity contribution >= 4 is 17.4 Å². The normalized spacial score (nSPS) is 11.9. The second kappa shape index (κ2) is 8.10. The molecule has 2 amide bonds. The van der Waals surface area contributed by atoms with Crippen LogP contribution in [0, 0.1) is 20.8 Å². The van der Waals surface area contributed by atoms with Gasteiger partial charge in [-0.25, -0.2) is 9.78 Å². The Bertz CT molecular complexity index is 715. The first-order valence-electron chi connectivity index (χ1n) is 7.85. The number of pyridine rings is 1. The zero-order valence-corrected chi connectivity index (χ0v) is 15.6. The molecule has 2 aromatic rings. The molecule has 0 radical (unpaired) electrons. The lowest BCUT2D eigenvalue weighted by Crippen LogP contribution is -2.37. The van der Waals surface area contributed by atoms with E-state index in [1.54, 1.807) is 24.6 Å². The molecule has 6 nitrogen and oxygen atoms in total. The van der Waals surface area contributed by atoms with E-state index in [2.05, 4.69) is 27.5 Å². The van der Waals surface area contributed by atoms with E-state index < -0.39 is 0 Å². The maximum Gasteiger partial charge on any atom is 0.315 e. The summed E-state index contributed by atoms with van der Waals surface area (Å²) in [5, 5.41) is 8.77. The molecule has 0 aliphatic heterocycles. The molecule has 0 saturated carbocycles. The molecule has 2 rings (SSSR count). The summed E-state index contributed by atoms with van der Waals surface area (Å²) < 4.78 is 5.38. The first-order valence-corrected chi connectivity index (χ1v) is 8.73. The first-order chi connectivity index (χ1) is 11.4. The van der Waals surface area contributed by atoms with Gasteiger partial charge in [0.15, 0.2) is 0 Å². The summed E-state index contributed by atoms with van der Waals surface area (Å²) in [6, 6.07) is -0.212. The lowest BCUT2D eigenvalue weighted by molar-refractivity contribution is 0.240. The van der Waals surface area contributed by atoms with Crippen LogP contribution < -0.4 is 15.4 Å². The number of nitrogens with one attached hydrogen (secondary N) is 2. The lowest BCUT2D eigenvalue weighted by Gasteiger charge is -2.14. The molecule has 2 aromatic heterocycles. The standard InChI is InChI=1S/C17H24N4O2S/c1-10-6-18-14(13(4)15(10)23-5)8-20-17(22)19-7-11(2)16-21-12(3)9-24-16/h6,9,11H,7-8H2,1-5H3,(H2,19,20,22). The fraction of sp³-hybridized carbons (Fsp3) is 0.471. The molecule has 2 heterocycles. The second-order valence-corrected chi connectivity index (χ2v) is 6.73. The summed E-state index contributed by atoms with van der Waals surface area (Å²) in [7, 11) is 1.64. The molecule has 0 bridgehead atoms. The Morgan fingerprint density at radius 1 is 1.33 bits per heavy atom. The average molecular weight is 348 g/mol. The predicted octanol–water partition coefficient (Wildman–Crippen LogP) is 3.07. The Kier molecular flexibility index (Phi) is 6.14. The van der Waals surface area contributed by atoms with Gasteiger partial charge in [0.2, 0.25) is 0 Å². The van der Waals surface area contributed by atoms with Gasteiger partial charge in [0.05, 0.1) is 24.4 Å². The van der Waals surface area contributed by atoms with Crippen molar-refractivity contribution in [3.05, 3.63) is 39.1 Å². The van der Waals surface area contributed by atoms with Gasteiger partial charge in [-0.15, -0.1) is 11.3 Å². The minimum atomic E-state index is -0.212. The molecule has 1 atom stereocenters. The summed E-state index contributed by atoms with van der Waals surface area (Å²) >= 11 is 1.62. The number of thiazole rings is 1. The van der Waals surface area contributed by atoms with Crippen molar-refractivity contribution in [1.82, 2.24) is 20.6 Å². The average Bonchev–Trinajstić information content (AvgIpc) is 2.99. The molecule has 0 spiro atoms. The largest absolute Gasteiger partial charge is 0.496 e. The maximum absolute atomic E-state index is 12.0. The number of carbonyl (C=O) groups excluding carboxylic acids is 1. The molecule has 2 N–H and O–H groups in total. The van der Waals surface area contributed by atoms with Crippen molar-refractivity contribution in [2.45, 2.75) is 40.2 Å². The van der Waals surface area contributed by atoms with Crippen LogP contribution in [0.15, 0.2) is 11.6 Å². The van der Waals surface area contributed by atoms with Crippen molar-refractivity contribution < 1.29 is 9.53 Å². The topological polar surface area (TPSA) is 76.1 Å². The van der Waals surface area contributed by atoms with E-state index in [1.165, 1.54) is 0 Å². The van der Waals surface area contributed by atoms with E-state index in [9.17, 15) is 4.79 Å². The SMILES string of the molecule is COc1c(C)cnc(CNC(=O)NCC(C)c2nc(C)cs2)c1C. The van der Waals surface area contributed by atoms with E-state index in [0.717, 1.165) is 33.3 Å². The molecule has 130 valence electrons. The number of ether oxygens (including phenoxy) is 1. The minimum absolute atomic E-state index is 0.189. The molecule has 0 aliphatic carbocycles. The van der Waals surface area contributed by atoms with Crippen molar-refractivity contribution in [2.75, 3.05) is 13.7 Å². The Labute approximate surface area is 146 Å². The van der Waals surface area contributed by atoms with Crippen LogP contribution in [0.2, 0.25) is 0 Å². The minimum Gasteiger partial charge on any atom is -0.496 e. The number of aryl methyl sites for hydroxylation is 2. The highest BCUT2D eigenvalue weighted by atomic mass is 32.1. The van der Waals surface area contributed by atoms with Crippen LogP contribution in [0.1, 0.15) is 40.4 Å². The van der Waals surface area contributed by atoms with Crippen molar-refractivity contribution in [2.24, 2.45) is 0 Å². The number of rotatable bonds is 6. The number of aromatic nitrogens is 2. The van der Waals surface area contributed by atoms with Gasteiger partial charge in [-0.3, -0.25) is 4.98 Å². The molecule has 0 aromatic carbocycles. The number of hydrogen-bond acceptors (Lipinski definition) is 5. The molecule has 24 heavy (non-hydrogen) atoms. The molecule has 7 heteroatoms. The Morgan fingerprint density at radius 3 is 2.71 bits per heavy atom. The quantitative estimate of drug-likeness (QED) is 0.841. The summed E-state index contributed by atoms with van der Waals surface area (Å²) in [6.45, 7) is 8.82. The van der Waals surface area contributed by atoms with Crippen molar-refractivity contribution in [1.29, 1.82) is 0 Å². The van der Waals surface area contributed by atoms with Crippen LogP contribution in [-0.2, 0) is 6.54 Å². The zero-order chi connectivity index (χ0) is 17.7. The molecular formula is C17H24N4O2S. The summed E-state index contributed by atoms with van der Waals surface area (Å²) in [6.07, 6.45) is 1.76. The molecular weight excluding hydrogens is 324 g/mol. The van der Waals surface area contributed by atoms with Gasteiger partial charge < -0.3 is 15.4 Å². The third kappa shape index (κ3) is 4.44. The molecule has 0 aliphatic rings. The fourth-order valence-corrected chi connectivity index (χ4v) is 3.26. The summed E-state index contributed by atoms with van der Waals surface area (Å²) in [4.78, 5) is 20.8. The summed E-state index contributed by atoms with van der Waals surface area (Å²) in [5.74, 6) is 1.00.